The molecule has 2 fully saturated rings. The summed E-state index contributed by atoms with van der Waals surface area (Å²) in [4.78, 5) is 19.6. The van der Waals surface area contributed by atoms with E-state index in [4.69, 9.17) is 19.9 Å². The first-order valence-electron chi connectivity index (χ1n) is 10.9. The Kier molecular flexibility index (Phi) is 8.39. The van der Waals surface area contributed by atoms with E-state index in [1.54, 1.807) is 11.1 Å². The summed E-state index contributed by atoms with van der Waals surface area (Å²) >= 11 is 4.66. The maximum absolute atomic E-state index is 12.9. The molecule has 3 heterocycles. The molecule has 0 bridgehead atoms. The molecule has 3 unspecified atom stereocenters. The number of nitrogens with zero attached hydrogens (tertiary/aromatic N) is 2. The summed E-state index contributed by atoms with van der Waals surface area (Å²) in [6.45, 7) is 3.67. The van der Waals surface area contributed by atoms with Crippen molar-refractivity contribution in [3.05, 3.63) is 58.3 Å². The van der Waals surface area contributed by atoms with Crippen molar-refractivity contribution in [2.24, 2.45) is 5.73 Å². The Labute approximate surface area is 205 Å². The number of hydrogen-bond donors (Lipinski definition) is 2. The number of likely N-dealkylation sites (tertiary alicyclic amines) is 1. The number of rotatable bonds is 8. The lowest BCUT2D eigenvalue weighted by Gasteiger charge is -2.37. The zero-order valence-electron chi connectivity index (χ0n) is 18.3. The van der Waals surface area contributed by atoms with Gasteiger partial charge in [0.15, 0.2) is 6.29 Å². The molecule has 0 aliphatic carbocycles. The molecule has 33 heavy (non-hydrogen) atoms. The number of aliphatic hydroxyl groups excluding tert-OH is 1. The Morgan fingerprint density at radius 2 is 2.15 bits per heavy atom. The molecule has 178 valence electrons. The number of thioether (sulfide) groups is 1. The van der Waals surface area contributed by atoms with Gasteiger partial charge in [-0.25, -0.2) is 4.98 Å². The normalized spacial score (nSPS) is 24.7. The Morgan fingerprint density at radius 3 is 2.79 bits per heavy atom. The van der Waals surface area contributed by atoms with E-state index in [1.807, 2.05) is 43.3 Å². The molecule has 0 spiro atoms. The summed E-state index contributed by atoms with van der Waals surface area (Å²) in [7, 11) is 0. The van der Waals surface area contributed by atoms with Gasteiger partial charge in [-0.2, -0.15) is 0 Å². The number of pyridine rings is 1. The van der Waals surface area contributed by atoms with E-state index in [0.717, 1.165) is 29.5 Å². The third kappa shape index (κ3) is 5.94. The van der Waals surface area contributed by atoms with Crippen LogP contribution in [0.4, 0.5) is 0 Å². The van der Waals surface area contributed by atoms with Crippen molar-refractivity contribution in [2.75, 3.05) is 26.2 Å². The zero-order chi connectivity index (χ0) is 23.4. The number of nitrogens with two attached hydrogens (primary N) is 1. The van der Waals surface area contributed by atoms with Crippen LogP contribution in [0.25, 0.3) is 0 Å². The van der Waals surface area contributed by atoms with Crippen LogP contribution in [0.2, 0.25) is 0 Å². The largest absolute Gasteiger partial charge is 0.388 e. The number of hydrogen-bond acceptors (Lipinski definition) is 8. The molecule has 8 nitrogen and oxygen atoms in total. The first-order chi connectivity index (χ1) is 16.0. The Balaban J connectivity index is 1.47. The highest BCUT2D eigenvalue weighted by atomic mass is 79.9. The molecule has 4 rings (SSSR count). The van der Waals surface area contributed by atoms with Crippen LogP contribution >= 0.6 is 27.7 Å². The van der Waals surface area contributed by atoms with Gasteiger partial charge in [0.25, 0.3) is 5.91 Å². The van der Waals surface area contributed by atoms with Gasteiger partial charge in [-0.15, -0.1) is 0 Å². The van der Waals surface area contributed by atoms with Gasteiger partial charge < -0.3 is 30.0 Å². The second-order valence-electron chi connectivity index (χ2n) is 8.03. The second-order valence-corrected chi connectivity index (χ2v) is 10.1. The van der Waals surface area contributed by atoms with Crippen LogP contribution in [0.1, 0.15) is 35.7 Å². The lowest BCUT2D eigenvalue weighted by Crippen LogP contribution is -2.45. The van der Waals surface area contributed by atoms with E-state index < -0.39 is 23.9 Å². The van der Waals surface area contributed by atoms with Crippen LogP contribution in [0.3, 0.4) is 0 Å². The van der Waals surface area contributed by atoms with Crippen molar-refractivity contribution in [1.82, 2.24) is 9.88 Å². The van der Waals surface area contributed by atoms with Crippen molar-refractivity contribution in [3.8, 4) is 0 Å². The molecule has 1 aromatic heterocycles. The third-order valence-corrected chi connectivity index (χ3v) is 7.27. The molecule has 2 saturated heterocycles. The van der Waals surface area contributed by atoms with Crippen molar-refractivity contribution in [3.63, 3.8) is 0 Å². The van der Waals surface area contributed by atoms with Crippen LogP contribution in [0.15, 0.2) is 52.0 Å². The highest BCUT2D eigenvalue weighted by molar-refractivity contribution is 9.10. The van der Waals surface area contributed by atoms with Crippen molar-refractivity contribution >= 4 is 33.6 Å². The van der Waals surface area contributed by atoms with Crippen LogP contribution in [-0.2, 0) is 14.2 Å². The number of amides is 1. The SMILES string of the molecule is C[C@H]1OC(c2ccccc2)OCC1OC(Sc1cc(Br)cnc1C(=O)N1CCC1)[C@@H](O)CN. The highest BCUT2D eigenvalue weighted by Crippen LogP contribution is 2.35. The van der Waals surface area contributed by atoms with E-state index in [-0.39, 0.29) is 18.6 Å². The summed E-state index contributed by atoms with van der Waals surface area (Å²) in [6, 6.07) is 11.5. The van der Waals surface area contributed by atoms with Gasteiger partial charge in [-0.3, -0.25) is 4.79 Å². The number of aliphatic hydroxyl groups is 1. The fourth-order valence-electron chi connectivity index (χ4n) is 3.52. The average molecular weight is 538 g/mol. The molecular formula is C23H28BrN3O5S. The zero-order valence-corrected chi connectivity index (χ0v) is 20.7. The van der Waals surface area contributed by atoms with Gasteiger partial charge in [0, 0.05) is 40.8 Å². The lowest BCUT2D eigenvalue weighted by molar-refractivity contribution is -0.266. The predicted octanol–water partition coefficient (Wildman–Crippen LogP) is 2.95. The number of carbonyl (C=O) groups is 1. The van der Waals surface area contributed by atoms with Gasteiger partial charge in [0.05, 0.1) is 12.7 Å². The van der Waals surface area contributed by atoms with Crippen LogP contribution in [0, 0.1) is 0 Å². The first-order valence-corrected chi connectivity index (χ1v) is 12.6. The number of carbonyl (C=O) groups excluding carboxylic acids is 1. The summed E-state index contributed by atoms with van der Waals surface area (Å²) in [5.41, 5.74) is 6.31. The Morgan fingerprint density at radius 1 is 1.39 bits per heavy atom. The predicted molar refractivity (Wildman–Crippen MR) is 128 cm³/mol. The van der Waals surface area contributed by atoms with E-state index in [9.17, 15) is 9.90 Å². The van der Waals surface area contributed by atoms with E-state index in [0.29, 0.717) is 17.2 Å². The minimum atomic E-state index is -0.958. The van der Waals surface area contributed by atoms with Gasteiger partial charge in [-0.05, 0) is 35.3 Å². The second kappa shape index (κ2) is 11.3. The Hall–Kier alpha value is -1.53. The van der Waals surface area contributed by atoms with Gasteiger partial charge in [0.2, 0.25) is 0 Å². The first kappa shape index (κ1) is 24.6. The molecule has 0 radical (unpaired) electrons. The number of benzene rings is 1. The summed E-state index contributed by atoms with van der Waals surface area (Å²) in [6.07, 6.45) is 0.465. The van der Waals surface area contributed by atoms with Gasteiger partial charge in [-0.1, -0.05) is 42.1 Å². The van der Waals surface area contributed by atoms with E-state index in [2.05, 4.69) is 20.9 Å². The monoisotopic (exact) mass is 537 g/mol. The quantitative estimate of drug-likeness (QED) is 0.391. The Bertz CT molecular complexity index is 949. The minimum Gasteiger partial charge on any atom is -0.388 e. The molecule has 10 heteroatoms. The molecular weight excluding hydrogens is 510 g/mol. The van der Waals surface area contributed by atoms with Crippen LogP contribution in [0.5, 0.6) is 0 Å². The fraction of sp³-hybridized carbons (Fsp3) is 0.478. The molecule has 1 aromatic carbocycles. The molecule has 1 amide bonds. The summed E-state index contributed by atoms with van der Waals surface area (Å²) < 4.78 is 18.9. The highest BCUT2D eigenvalue weighted by Gasteiger charge is 2.35. The molecule has 2 aromatic rings. The maximum atomic E-state index is 12.9. The average Bonchev–Trinajstić information content (AvgIpc) is 2.78. The topological polar surface area (TPSA) is 107 Å². The van der Waals surface area contributed by atoms with Crippen molar-refractivity contribution < 1.29 is 24.1 Å². The van der Waals surface area contributed by atoms with E-state index >= 15 is 0 Å². The van der Waals surface area contributed by atoms with Crippen molar-refractivity contribution in [1.29, 1.82) is 0 Å². The number of aromatic nitrogens is 1. The smallest absolute Gasteiger partial charge is 0.273 e. The lowest BCUT2D eigenvalue weighted by atomic mass is 10.1. The fourth-order valence-corrected chi connectivity index (χ4v) is 5.17. The minimum absolute atomic E-state index is 0.00393. The standard InChI is InChI=1S/C23H28BrN3O5S/c1-14-18(13-30-22(31-14)15-6-3-2-4-7-15)32-23(17(28)11-25)33-19-10-16(24)12-26-20(19)21(29)27-8-5-9-27/h2-4,6-7,10,12,14,17-18,22-23,28H,5,8-9,11,13,25H2,1H3/t14-,17+,18?,22?,23?/m1/s1. The van der Waals surface area contributed by atoms with Gasteiger partial charge in [0.1, 0.15) is 23.3 Å². The molecule has 2 aliphatic heterocycles. The number of ether oxygens (including phenoxy) is 3. The van der Waals surface area contributed by atoms with Crippen molar-refractivity contribution in [2.45, 2.75) is 48.3 Å². The maximum Gasteiger partial charge on any atom is 0.273 e. The molecule has 0 saturated carbocycles. The molecule has 5 atom stereocenters. The summed E-state index contributed by atoms with van der Waals surface area (Å²) in [5, 5.41) is 10.6. The van der Waals surface area contributed by atoms with E-state index in [1.165, 1.54) is 11.8 Å². The third-order valence-electron chi connectivity index (χ3n) is 5.62. The van der Waals surface area contributed by atoms with Crippen LogP contribution < -0.4 is 5.73 Å². The molecule has 2 aliphatic rings. The molecule has 3 N–H and O–H groups in total. The summed E-state index contributed by atoms with van der Waals surface area (Å²) in [5.74, 6) is -0.124. The number of halogens is 1. The van der Waals surface area contributed by atoms with Gasteiger partial charge >= 0.3 is 0 Å². The van der Waals surface area contributed by atoms with Crippen LogP contribution in [-0.4, -0.2) is 70.9 Å².